The molecule has 0 bridgehead atoms. The van der Waals surface area contributed by atoms with Crippen LogP contribution >= 0.6 is 11.8 Å². The lowest BCUT2D eigenvalue weighted by atomic mass is 10.1. The molecule has 2 rings (SSSR count). The van der Waals surface area contributed by atoms with Gasteiger partial charge in [-0.15, -0.1) is 10.2 Å². The molecule has 2 N–H and O–H groups in total. The van der Waals surface area contributed by atoms with Gasteiger partial charge in [0.15, 0.2) is 5.16 Å². The zero-order valence-electron chi connectivity index (χ0n) is 14.1. The summed E-state index contributed by atoms with van der Waals surface area (Å²) < 4.78 is 7.08. The number of nitrogens with zero attached hydrogens (tertiary/aromatic N) is 3. The maximum Gasteiger partial charge on any atom is 0.321 e. The average Bonchev–Trinajstić information content (AvgIpc) is 3.09. The minimum atomic E-state index is -0.517. The second kappa shape index (κ2) is 7.52. The molecule has 0 saturated carbocycles. The number of hydrogen-bond acceptors (Lipinski definition) is 6. The fourth-order valence-corrected chi connectivity index (χ4v) is 2.64. The van der Waals surface area contributed by atoms with Crippen molar-refractivity contribution in [2.75, 3.05) is 0 Å². The van der Waals surface area contributed by atoms with Gasteiger partial charge in [0.05, 0.1) is 18.1 Å². The van der Waals surface area contributed by atoms with Crippen molar-refractivity contribution in [3.8, 4) is 0 Å². The number of hydrogen-bond donors (Lipinski definition) is 2. The van der Waals surface area contributed by atoms with Crippen LogP contribution in [-0.2, 0) is 11.3 Å². The number of amides is 3. The molecule has 24 heavy (non-hydrogen) atoms. The first-order valence-corrected chi connectivity index (χ1v) is 8.32. The Morgan fingerprint density at radius 1 is 1.42 bits per heavy atom. The second-order valence-electron chi connectivity index (χ2n) is 6.27. The maximum atomic E-state index is 12.1. The van der Waals surface area contributed by atoms with Gasteiger partial charge in [-0.05, 0) is 39.8 Å². The molecule has 130 valence electrons. The van der Waals surface area contributed by atoms with Crippen LogP contribution in [0.3, 0.4) is 0 Å². The molecule has 2 heterocycles. The Balaban J connectivity index is 1.92. The van der Waals surface area contributed by atoms with Gasteiger partial charge in [-0.25, -0.2) is 4.79 Å². The number of carbonyl (C=O) groups excluding carboxylic acids is 2. The van der Waals surface area contributed by atoms with Crippen LogP contribution < -0.4 is 10.6 Å². The highest BCUT2D eigenvalue weighted by Gasteiger charge is 2.22. The van der Waals surface area contributed by atoms with Gasteiger partial charge < -0.3 is 14.3 Å². The molecule has 0 radical (unpaired) electrons. The zero-order chi connectivity index (χ0) is 17.7. The fraction of sp³-hybridized carbons (Fsp3) is 0.467. The molecule has 3 amide bonds. The first-order chi connectivity index (χ1) is 11.2. The van der Waals surface area contributed by atoms with Crippen molar-refractivity contribution in [2.45, 2.75) is 50.2 Å². The summed E-state index contributed by atoms with van der Waals surface area (Å²) in [5.41, 5.74) is -0.413. The van der Waals surface area contributed by atoms with Gasteiger partial charge in [0, 0.05) is 5.54 Å². The first kappa shape index (κ1) is 18.1. The van der Waals surface area contributed by atoms with E-state index in [1.165, 1.54) is 11.8 Å². The van der Waals surface area contributed by atoms with Gasteiger partial charge in [-0.1, -0.05) is 11.8 Å². The lowest BCUT2D eigenvalue weighted by Gasteiger charge is -2.21. The van der Waals surface area contributed by atoms with E-state index in [0.717, 1.165) is 5.76 Å². The molecule has 0 aliphatic rings. The van der Waals surface area contributed by atoms with Crippen LogP contribution in [0.5, 0.6) is 0 Å². The number of carbonyl (C=O) groups is 2. The van der Waals surface area contributed by atoms with Crippen LogP contribution in [0.2, 0.25) is 0 Å². The van der Waals surface area contributed by atoms with Gasteiger partial charge in [0.25, 0.3) is 0 Å². The number of furan rings is 1. The van der Waals surface area contributed by atoms with Gasteiger partial charge in [-0.3, -0.25) is 10.1 Å². The third-order valence-corrected chi connectivity index (χ3v) is 3.96. The minimum Gasteiger partial charge on any atom is -0.467 e. The normalized spacial score (nSPS) is 12.7. The largest absolute Gasteiger partial charge is 0.467 e. The smallest absolute Gasteiger partial charge is 0.321 e. The summed E-state index contributed by atoms with van der Waals surface area (Å²) in [5.74, 6) is 0.368. The van der Waals surface area contributed by atoms with Crippen LogP contribution in [0, 0.1) is 0 Å². The summed E-state index contributed by atoms with van der Waals surface area (Å²) in [5, 5.41) is 13.0. The van der Waals surface area contributed by atoms with E-state index in [9.17, 15) is 9.59 Å². The molecule has 2 aromatic rings. The number of imide groups is 1. The van der Waals surface area contributed by atoms with E-state index in [-0.39, 0.29) is 0 Å². The Morgan fingerprint density at radius 2 is 2.17 bits per heavy atom. The summed E-state index contributed by atoms with van der Waals surface area (Å²) in [6, 6.07) is 3.13. The molecule has 0 aliphatic heterocycles. The number of nitrogens with one attached hydrogen (secondary N) is 2. The number of thioether (sulfide) groups is 1. The zero-order valence-corrected chi connectivity index (χ0v) is 14.9. The lowest BCUT2D eigenvalue weighted by Crippen LogP contribution is -2.49. The Morgan fingerprint density at radius 3 is 2.79 bits per heavy atom. The van der Waals surface area contributed by atoms with Gasteiger partial charge in [0.2, 0.25) is 5.91 Å². The molecule has 0 saturated heterocycles. The highest BCUT2D eigenvalue weighted by molar-refractivity contribution is 8.00. The van der Waals surface area contributed by atoms with E-state index in [4.69, 9.17) is 4.42 Å². The maximum absolute atomic E-state index is 12.1. The fourth-order valence-electron chi connectivity index (χ4n) is 1.81. The average molecular weight is 351 g/mol. The van der Waals surface area contributed by atoms with Crippen molar-refractivity contribution in [3.05, 3.63) is 30.5 Å². The molecule has 1 atom stereocenters. The molecule has 8 nitrogen and oxygen atoms in total. The van der Waals surface area contributed by atoms with Crippen molar-refractivity contribution in [1.82, 2.24) is 25.4 Å². The molecule has 1 unspecified atom stereocenters. The Kier molecular flexibility index (Phi) is 5.66. The first-order valence-electron chi connectivity index (χ1n) is 7.44. The molecule has 0 fully saturated rings. The Bertz CT molecular complexity index is 690. The number of rotatable bonds is 5. The topological polar surface area (TPSA) is 102 Å². The minimum absolute atomic E-state index is 0.394. The second-order valence-corrected chi connectivity index (χ2v) is 7.58. The lowest BCUT2D eigenvalue weighted by molar-refractivity contribution is -0.119. The molecular formula is C15H21N5O3S. The van der Waals surface area contributed by atoms with Crippen LogP contribution in [0.25, 0.3) is 0 Å². The van der Waals surface area contributed by atoms with Gasteiger partial charge in [0.1, 0.15) is 12.1 Å². The molecular weight excluding hydrogens is 330 g/mol. The summed E-state index contributed by atoms with van der Waals surface area (Å²) in [6.45, 7) is 7.70. The molecule has 2 aromatic heterocycles. The standard InChI is InChI=1S/C15H21N5O3S/c1-10(12(21)17-13(22)18-15(2,3)4)24-14-19-16-9-20(14)8-11-6-5-7-23-11/h5-7,9-10H,8H2,1-4H3,(H2,17,18,21,22). The van der Waals surface area contributed by atoms with Crippen LogP contribution in [0.1, 0.15) is 33.5 Å². The molecule has 0 aliphatic carbocycles. The number of urea groups is 1. The molecule has 0 aromatic carbocycles. The summed E-state index contributed by atoms with van der Waals surface area (Å²) >= 11 is 1.22. The summed E-state index contributed by atoms with van der Waals surface area (Å²) in [7, 11) is 0. The van der Waals surface area contributed by atoms with E-state index >= 15 is 0 Å². The highest BCUT2D eigenvalue weighted by Crippen LogP contribution is 2.21. The monoisotopic (exact) mass is 351 g/mol. The predicted octanol–water partition coefficient (Wildman–Crippen LogP) is 2.02. The van der Waals surface area contributed by atoms with Crippen molar-refractivity contribution in [2.24, 2.45) is 0 Å². The van der Waals surface area contributed by atoms with E-state index in [1.807, 2.05) is 26.8 Å². The number of aromatic nitrogens is 3. The molecule has 9 heteroatoms. The molecule has 0 spiro atoms. The van der Waals surface area contributed by atoms with Crippen LogP contribution in [0.4, 0.5) is 4.79 Å². The predicted molar refractivity (Wildman–Crippen MR) is 89.6 cm³/mol. The SMILES string of the molecule is CC(Sc1nncn1Cc1ccco1)C(=O)NC(=O)NC(C)(C)C. The van der Waals surface area contributed by atoms with Gasteiger partial charge >= 0.3 is 6.03 Å². The Labute approximate surface area is 144 Å². The quantitative estimate of drug-likeness (QED) is 0.799. The van der Waals surface area contributed by atoms with Crippen molar-refractivity contribution in [1.29, 1.82) is 0 Å². The summed E-state index contributed by atoms with van der Waals surface area (Å²) in [4.78, 5) is 23.9. The van der Waals surface area contributed by atoms with Crippen molar-refractivity contribution in [3.63, 3.8) is 0 Å². The van der Waals surface area contributed by atoms with E-state index in [0.29, 0.717) is 11.7 Å². The third-order valence-electron chi connectivity index (χ3n) is 2.86. The van der Waals surface area contributed by atoms with E-state index in [2.05, 4.69) is 20.8 Å². The van der Waals surface area contributed by atoms with Crippen LogP contribution in [-0.4, -0.2) is 37.5 Å². The van der Waals surface area contributed by atoms with E-state index < -0.39 is 22.7 Å². The highest BCUT2D eigenvalue weighted by atomic mass is 32.2. The van der Waals surface area contributed by atoms with Crippen LogP contribution in [0.15, 0.2) is 34.3 Å². The third kappa shape index (κ3) is 5.41. The Hall–Kier alpha value is -2.29. The van der Waals surface area contributed by atoms with E-state index in [1.54, 1.807) is 30.1 Å². The van der Waals surface area contributed by atoms with Gasteiger partial charge in [-0.2, -0.15) is 0 Å². The summed E-state index contributed by atoms with van der Waals surface area (Å²) in [6.07, 6.45) is 3.16. The van der Waals surface area contributed by atoms with Crippen molar-refractivity contribution >= 4 is 23.7 Å². The van der Waals surface area contributed by atoms with Crippen molar-refractivity contribution < 1.29 is 14.0 Å².